The SMILES string of the molecule is CC1(C)c2cc(NC(=O)C3CCCN3)ccc2-c2ccc(-c3ccc4[nH]c(C5CCCN5)nc4c3)cc21. The second-order valence-electron chi connectivity index (χ2n) is 11.3. The highest BCUT2D eigenvalue weighted by Crippen LogP contribution is 2.50. The predicted molar refractivity (Wildman–Crippen MR) is 149 cm³/mol. The molecule has 0 spiro atoms. The number of hydrogen-bond acceptors (Lipinski definition) is 4. The van der Waals surface area contributed by atoms with Crippen molar-refractivity contribution in [1.29, 1.82) is 0 Å². The fourth-order valence-corrected chi connectivity index (χ4v) is 6.42. The Labute approximate surface area is 217 Å². The third-order valence-corrected chi connectivity index (χ3v) is 8.55. The van der Waals surface area contributed by atoms with Crippen molar-refractivity contribution in [3.63, 3.8) is 0 Å². The number of aromatic amines is 1. The van der Waals surface area contributed by atoms with Crippen molar-refractivity contribution >= 4 is 22.6 Å². The first-order valence-electron chi connectivity index (χ1n) is 13.5. The summed E-state index contributed by atoms with van der Waals surface area (Å²) in [6.07, 6.45) is 4.29. The highest BCUT2D eigenvalue weighted by atomic mass is 16.2. The molecule has 2 unspecified atom stereocenters. The van der Waals surface area contributed by atoms with E-state index in [-0.39, 0.29) is 17.4 Å². The molecule has 2 atom stereocenters. The van der Waals surface area contributed by atoms with Gasteiger partial charge in [0.2, 0.25) is 5.91 Å². The van der Waals surface area contributed by atoms with Gasteiger partial charge in [-0.05, 0) is 102 Å². The van der Waals surface area contributed by atoms with Gasteiger partial charge in [-0.1, -0.05) is 38.1 Å². The van der Waals surface area contributed by atoms with Crippen LogP contribution in [0.25, 0.3) is 33.3 Å². The minimum absolute atomic E-state index is 0.0636. The summed E-state index contributed by atoms with van der Waals surface area (Å²) in [5, 5.41) is 9.96. The van der Waals surface area contributed by atoms with Gasteiger partial charge in [0.15, 0.2) is 0 Å². The molecule has 1 aliphatic carbocycles. The zero-order chi connectivity index (χ0) is 25.1. The average Bonchev–Trinajstić information content (AvgIpc) is 3.70. The van der Waals surface area contributed by atoms with E-state index in [2.05, 4.69) is 83.3 Å². The maximum atomic E-state index is 12.7. The second-order valence-corrected chi connectivity index (χ2v) is 11.3. The molecule has 4 N–H and O–H groups in total. The molecule has 188 valence electrons. The fraction of sp³-hybridized carbons (Fsp3) is 0.355. The first kappa shape index (κ1) is 22.7. The highest BCUT2D eigenvalue weighted by molar-refractivity contribution is 5.96. The van der Waals surface area contributed by atoms with Gasteiger partial charge in [-0.2, -0.15) is 0 Å². The zero-order valence-corrected chi connectivity index (χ0v) is 21.4. The molecule has 0 radical (unpaired) electrons. The number of H-pyrrole nitrogens is 1. The molecule has 4 aromatic rings. The van der Waals surface area contributed by atoms with Gasteiger partial charge in [0.25, 0.3) is 0 Å². The van der Waals surface area contributed by atoms with Crippen LogP contribution in [-0.2, 0) is 10.2 Å². The van der Waals surface area contributed by atoms with Crippen LogP contribution in [0.5, 0.6) is 0 Å². The second kappa shape index (κ2) is 8.54. The van der Waals surface area contributed by atoms with Crippen LogP contribution in [-0.4, -0.2) is 35.0 Å². The van der Waals surface area contributed by atoms with Crippen molar-refractivity contribution in [3.8, 4) is 22.3 Å². The van der Waals surface area contributed by atoms with Gasteiger partial charge < -0.3 is 20.9 Å². The molecule has 0 saturated carbocycles. The monoisotopic (exact) mass is 491 g/mol. The van der Waals surface area contributed by atoms with Crippen LogP contribution in [0.3, 0.4) is 0 Å². The summed E-state index contributed by atoms with van der Waals surface area (Å²) in [6, 6.07) is 20.0. The summed E-state index contributed by atoms with van der Waals surface area (Å²) >= 11 is 0. The summed E-state index contributed by atoms with van der Waals surface area (Å²) < 4.78 is 0. The summed E-state index contributed by atoms with van der Waals surface area (Å²) in [7, 11) is 0. The van der Waals surface area contributed by atoms with Gasteiger partial charge in [0.1, 0.15) is 5.82 Å². The fourth-order valence-electron chi connectivity index (χ4n) is 6.42. The van der Waals surface area contributed by atoms with Crippen molar-refractivity contribution < 1.29 is 4.79 Å². The van der Waals surface area contributed by atoms with E-state index in [0.29, 0.717) is 6.04 Å². The third-order valence-electron chi connectivity index (χ3n) is 8.55. The molecule has 2 aliphatic heterocycles. The van der Waals surface area contributed by atoms with E-state index in [1.807, 2.05) is 6.07 Å². The number of aromatic nitrogens is 2. The summed E-state index contributed by atoms with van der Waals surface area (Å²) in [4.78, 5) is 21.1. The van der Waals surface area contributed by atoms with Crippen LogP contribution in [0.4, 0.5) is 5.69 Å². The first-order valence-corrected chi connectivity index (χ1v) is 13.5. The van der Waals surface area contributed by atoms with Crippen molar-refractivity contribution in [1.82, 2.24) is 20.6 Å². The Hall–Kier alpha value is -3.48. The number of anilines is 1. The molecule has 0 bridgehead atoms. The normalized spacial score (nSPS) is 21.8. The van der Waals surface area contributed by atoms with Crippen LogP contribution in [0.1, 0.15) is 62.5 Å². The minimum atomic E-state index is -0.162. The predicted octanol–water partition coefficient (Wildman–Crippen LogP) is 5.65. The number of rotatable bonds is 4. The number of amides is 1. The Balaban J connectivity index is 1.20. The van der Waals surface area contributed by atoms with E-state index in [4.69, 9.17) is 4.98 Å². The van der Waals surface area contributed by atoms with Crippen molar-refractivity contribution in [2.24, 2.45) is 0 Å². The zero-order valence-electron chi connectivity index (χ0n) is 21.4. The van der Waals surface area contributed by atoms with E-state index >= 15 is 0 Å². The Morgan fingerprint density at radius 1 is 0.892 bits per heavy atom. The third kappa shape index (κ3) is 3.78. The number of carbonyl (C=O) groups excluding carboxylic acids is 1. The molecule has 2 fully saturated rings. The quantitative estimate of drug-likeness (QED) is 0.297. The highest BCUT2D eigenvalue weighted by Gasteiger charge is 2.36. The van der Waals surface area contributed by atoms with E-state index in [1.54, 1.807) is 0 Å². The molecule has 7 rings (SSSR count). The van der Waals surface area contributed by atoms with Crippen molar-refractivity contribution in [2.45, 2.75) is 57.0 Å². The van der Waals surface area contributed by atoms with Crippen molar-refractivity contribution in [3.05, 3.63) is 71.5 Å². The molecule has 3 aliphatic rings. The Morgan fingerprint density at radius 3 is 2.41 bits per heavy atom. The van der Waals surface area contributed by atoms with E-state index in [1.165, 1.54) is 39.8 Å². The number of carbonyl (C=O) groups is 1. The Bertz CT molecular complexity index is 1520. The summed E-state index contributed by atoms with van der Waals surface area (Å²) in [5.74, 6) is 1.11. The number of fused-ring (bicyclic) bond motifs is 4. The summed E-state index contributed by atoms with van der Waals surface area (Å²) in [6.45, 7) is 6.54. The Morgan fingerprint density at radius 2 is 1.62 bits per heavy atom. The molecule has 1 aromatic heterocycles. The number of benzene rings is 3. The average molecular weight is 492 g/mol. The van der Waals surface area contributed by atoms with Crippen LogP contribution in [0.2, 0.25) is 0 Å². The van der Waals surface area contributed by atoms with Gasteiger partial charge in [-0.3, -0.25) is 4.79 Å². The van der Waals surface area contributed by atoms with Gasteiger partial charge in [-0.15, -0.1) is 0 Å². The lowest BCUT2D eigenvalue weighted by atomic mass is 9.81. The van der Waals surface area contributed by atoms with Gasteiger partial charge in [-0.25, -0.2) is 4.98 Å². The molecule has 3 heterocycles. The first-order chi connectivity index (χ1) is 18.0. The van der Waals surface area contributed by atoms with Gasteiger partial charge in [0.05, 0.1) is 23.1 Å². The van der Waals surface area contributed by atoms with Crippen LogP contribution < -0.4 is 16.0 Å². The molecular weight excluding hydrogens is 458 g/mol. The molecule has 37 heavy (non-hydrogen) atoms. The maximum absolute atomic E-state index is 12.7. The van der Waals surface area contributed by atoms with Gasteiger partial charge >= 0.3 is 0 Å². The molecule has 6 heteroatoms. The Kier molecular flexibility index (Phi) is 5.24. The standard InChI is InChI=1S/C31H33N5O/c1-31(2)23-15-18(19-8-12-25-28(16-19)36-29(35-25)26-5-3-13-32-26)7-10-21(23)22-11-9-20(17-24(22)31)34-30(37)27-6-4-14-33-27/h7-12,15-17,26-27,32-33H,3-6,13-14H2,1-2H3,(H,34,37)(H,35,36). The smallest absolute Gasteiger partial charge is 0.241 e. The molecular formula is C31H33N5O. The lowest BCUT2D eigenvalue weighted by Gasteiger charge is -2.23. The lowest BCUT2D eigenvalue weighted by Crippen LogP contribution is -2.35. The van der Waals surface area contributed by atoms with E-state index in [9.17, 15) is 4.79 Å². The molecule has 1 amide bonds. The molecule has 6 nitrogen and oxygen atoms in total. The largest absolute Gasteiger partial charge is 0.341 e. The molecule has 3 aromatic carbocycles. The van der Waals surface area contributed by atoms with Crippen molar-refractivity contribution in [2.75, 3.05) is 18.4 Å². The maximum Gasteiger partial charge on any atom is 0.241 e. The number of hydrogen-bond donors (Lipinski definition) is 4. The van der Waals surface area contributed by atoms with E-state index < -0.39 is 0 Å². The van der Waals surface area contributed by atoms with Gasteiger partial charge in [0, 0.05) is 11.1 Å². The molecule has 2 saturated heterocycles. The number of nitrogens with zero attached hydrogens (tertiary/aromatic N) is 1. The topological polar surface area (TPSA) is 81.8 Å². The van der Waals surface area contributed by atoms with Crippen LogP contribution in [0, 0.1) is 0 Å². The minimum Gasteiger partial charge on any atom is -0.341 e. The summed E-state index contributed by atoms with van der Waals surface area (Å²) in [5.41, 5.74) is 10.3. The van der Waals surface area contributed by atoms with Crippen LogP contribution >= 0.6 is 0 Å². The number of nitrogens with one attached hydrogen (secondary N) is 4. The van der Waals surface area contributed by atoms with E-state index in [0.717, 1.165) is 54.9 Å². The number of imidazole rings is 1. The van der Waals surface area contributed by atoms with Crippen LogP contribution in [0.15, 0.2) is 54.6 Å². The lowest BCUT2D eigenvalue weighted by molar-refractivity contribution is -0.117.